The van der Waals surface area contributed by atoms with Crippen LogP contribution in [0.15, 0.2) is 39.9 Å². The van der Waals surface area contributed by atoms with E-state index >= 15 is 0 Å². The molecule has 118 valence electrons. The molecule has 1 amide bonds. The number of carbonyl (C=O) groups excluding carboxylic acids is 1. The number of carbonyl (C=O) groups is 1. The minimum absolute atomic E-state index is 0.0936. The first-order valence-corrected chi connectivity index (χ1v) is 6.77. The van der Waals surface area contributed by atoms with Gasteiger partial charge in [-0.15, -0.1) is 0 Å². The summed E-state index contributed by atoms with van der Waals surface area (Å²) < 4.78 is 10.2. The van der Waals surface area contributed by atoms with E-state index in [1.807, 2.05) is 25.1 Å². The maximum absolute atomic E-state index is 12.1. The molecule has 2 heterocycles. The molecule has 0 saturated carbocycles. The number of ether oxygens (including phenoxy) is 1. The Balaban J connectivity index is 2.05. The number of H-pyrrole nitrogens is 1. The van der Waals surface area contributed by atoms with Crippen LogP contribution in [0.2, 0.25) is 0 Å². The van der Waals surface area contributed by atoms with Crippen LogP contribution in [0.3, 0.4) is 0 Å². The van der Waals surface area contributed by atoms with Gasteiger partial charge in [0.2, 0.25) is 5.43 Å². The molecular weight excluding hydrogens is 286 g/mol. The van der Waals surface area contributed by atoms with Gasteiger partial charge in [0, 0.05) is 18.8 Å². The van der Waals surface area contributed by atoms with E-state index in [0.717, 1.165) is 5.76 Å². The van der Waals surface area contributed by atoms with Gasteiger partial charge < -0.3 is 19.5 Å². The quantitative estimate of drug-likeness (QED) is 0.831. The lowest BCUT2D eigenvalue weighted by Gasteiger charge is -2.22. The van der Waals surface area contributed by atoms with Crippen molar-refractivity contribution in [1.29, 1.82) is 0 Å². The van der Waals surface area contributed by atoms with Gasteiger partial charge in [0.15, 0.2) is 5.75 Å². The average molecular weight is 305 g/mol. The summed E-state index contributed by atoms with van der Waals surface area (Å²) in [6.07, 6.45) is 2.96. The largest absolute Gasteiger partial charge is 0.491 e. The van der Waals surface area contributed by atoms with Crippen molar-refractivity contribution in [2.45, 2.75) is 6.04 Å². The van der Waals surface area contributed by atoms with Crippen LogP contribution in [0, 0.1) is 0 Å². The minimum atomic E-state index is -0.363. The Hall–Kier alpha value is -2.54. The van der Waals surface area contributed by atoms with E-state index in [2.05, 4.69) is 10.3 Å². The van der Waals surface area contributed by atoms with E-state index in [4.69, 9.17) is 9.15 Å². The molecule has 7 heteroatoms. The van der Waals surface area contributed by atoms with Crippen LogP contribution < -0.4 is 15.5 Å². The first kappa shape index (κ1) is 15.8. The van der Waals surface area contributed by atoms with Gasteiger partial charge in [0.25, 0.3) is 5.91 Å². The molecule has 0 bridgehead atoms. The monoisotopic (exact) mass is 305 g/mol. The molecule has 2 N–H and O–H groups in total. The number of nitrogens with one attached hydrogen (secondary N) is 2. The molecule has 0 aliphatic heterocycles. The summed E-state index contributed by atoms with van der Waals surface area (Å²) in [6.45, 7) is 0.355. The topological polar surface area (TPSA) is 87.6 Å². The first-order chi connectivity index (χ1) is 10.5. The van der Waals surface area contributed by atoms with Crippen LogP contribution in [-0.2, 0) is 0 Å². The number of hydrogen-bond donors (Lipinski definition) is 2. The molecule has 1 atom stereocenters. The number of rotatable bonds is 6. The Morgan fingerprint density at radius 3 is 2.82 bits per heavy atom. The summed E-state index contributed by atoms with van der Waals surface area (Å²) in [7, 11) is 5.19. The zero-order chi connectivity index (χ0) is 16.1. The molecule has 0 aromatic carbocycles. The van der Waals surface area contributed by atoms with E-state index in [1.165, 1.54) is 19.4 Å². The van der Waals surface area contributed by atoms with E-state index in [1.54, 1.807) is 12.3 Å². The number of aromatic amines is 1. The van der Waals surface area contributed by atoms with Gasteiger partial charge in [-0.05, 0) is 26.2 Å². The summed E-state index contributed by atoms with van der Waals surface area (Å²) in [6, 6.07) is 4.77. The van der Waals surface area contributed by atoms with Crippen molar-refractivity contribution in [2.75, 3.05) is 27.7 Å². The van der Waals surface area contributed by atoms with Crippen LogP contribution in [0.1, 0.15) is 22.3 Å². The van der Waals surface area contributed by atoms with Crippen molar-refractivity contribution < 1.29 is 13.9 Å². The Kier molecular flexibility index (Phi) is 5.00. The third-order valence-electron chi connectivity index (χ3n) is 3.29. The molecule has 1 unspecified atom stereocenters. The lowest BCUT2D eigenvalue weighted by atomic mass is 10.2. The molecule has 2 rings (SSSR count). The van der Waals surface area contributed by atoms with E-state index < -0.39 is 0 Å². The number of hydrogen-bond acceptors (Lipinski definition) is 5. The summed E-state index contributed by atoms with van der Waals surface area (Å²) >= 11 is 0. The zero-order valence-electron chi connectivity index (χ0n) is 12.8. The number of aromatic nitrogens is 1. The van der Waals surface area contributed by atoms with Crippen LogP contribution in [0.5, 0.6) is 5.75 Å². The van der Waals surface area contributed by atoms with Crippen molar-refractivity contribution in [1.82, 2.24) is 15.2 Å². The smallest absolute Gasteiger partial charge is 0.267 e. The van der Waals surface area contributed by atoms with Gasteiger partial charge in [0.1, 0.15) is 11.5 Å². The maximum atomic E-state index is 12.1. The molecule has 0 aliphatic rings. The molecular formula is C15H19N3O4. The maximum Gasteiger partial charge on any atom is 0.267 e. The number of methoxy groups -OCH3 is 1. The minimum Gasteiger partial charge on any atom is -0.491 e. The highest BCUT2D eigenvalue weighted by atomic mass is 16.5. The van der Waals surface area contributed by atoms with Gasteiger partial charge in [0.05, 0.1) is 19.4 Å². The Bertz CT molecular complexity index is 676. The molecule has 0 saturated heterocycles. The van der Waals surface area contributed by atoms with Crippen molar-refractivity contribution in [3.05, 3.63) is 52.3 Å². The van der Waals surface area contributed by atoms with Crippen molar-refractivity contribution in [2.24, 2.45) is 0 Å². The molecule has 0 fully saturated rings. The zero-order valence-corrected chi connectivity index (χ0v) is 12.8. The normalized spacial score (nSPS) is 12.2. The third-order valence-corrected chi connectivity index (χ3v) is 3.29. The highest BCUT2D eigenvalue weighted by molar-refractivity contribution is 5.92. The third kappa shape index (κ3) is 3.56. The molecule has 22 heavy (non-hydrogen) atoms. The molecule has 7 nitrogen and oxygen atoms in total. The van der Waals surface area contributed by atoms with Gasteiger partial charge in [-0.3, -0.25) is 14.5 Å². The van der Waals surface area contributed by atoms with Gasteiger partial charge in [-0.2, -0.15) is 0 Å². The number of likely N-dealkylation sites (N-methyl/N-ethyl adjacent to an activating group) is 1. The predicted molar refractivity (Wildman–Crippen MR) is 81.1 cm³/mol. The SMILES string of the molecule is COc1c[nH]c(C(=O)NCC(c2ccco2)N(C)C)cc1=O. The molecule has 0 spiro atoms. The average Bonchev–Trinajstić information content (AvgIpc) is 3.00. The molecule has 2 aromatic rings. The van der Waals surface area contributed by atoms with Crippen LogP contribution in [-0.4, -0.2) is 43.5 Å². The van der Waals surface area contributed by atoms with Crippen molar-refractivity contribution in [3.63, 3.8) is 0 Å². The second kappa shape index (κ2) is 6.95. The van der Waals surface area contributed by atoms with Gasteiger partial charge in [-0.25, -0.2) is 0 Å². The number of amides is 1. The second-order valence-electron chi connectivity index (χ2n) is 4.98. The van der Waals surface area contributed by atoms with Gasteiger partial charge >= 0.3 is 0 Å². The van der Waals surface area contributed by atoms with E-state index in [-0.39, 0.29) is 28.8 Å². The Labute approximate surface area is 127 Å². The highest BCUT2D eigenvalue weighted by Crippen LogP contribution is 2.17. The summed E-state index contributed by atoms with van der Waals surface area (Å²) in [5.74, 6) is 0.560. The number of nitrogens with zero attached hydrogens (tertiary/aromatic N) is 1. The summed E-state index contributed by atoms with van der Waals surface area (Å²) in [4.78, 5) is 28.5. The second-order valence-corrected chi connectivity index (χ2v) is 4.98. The Morgan fingerprint density at radius 1 is 1.50 bits per heavy atom. The predicted octanol–water partition coefficient (Wildman–Crippen LogP) is 1.01. The number of furan rings is 1. The lowest BCUT2D eigenvalue weighted by molar-refractivity contribution is 0.0934. The summed E-state index contributed by atoms with van der Waals surface area (Å²) in [5.41, 5.74) is -0.163. The van der Waals surface area contributed by atoms with Crippen LogP contribution in [0.25, 0.3) is 0 Å². The van der Waals surface area contributed by atoms with Crippen LogP contribution >= 0.6 is 0 Å². The fraction of sp³-hybridized carbons (Fsp3) is 0.333. The van der Waals surface area contributed by atoms with E-state index in [0.29, 0.717) is 6.54 Å². The van der Waals surface area contributed by atoms with Crippen LogP contribution in [0.4, 0.5) is 0 Å². The highest BCUT2D eigenvalue weighted by Gasteiger charge is 2.18. The standard InChI is InChI=1S/C15H19N3O4/c1-18(2)11(13-5-4-6-22-13)8-17-15(20)10-7-12(19)14(21-3)9-16-10/h4-7,9,11H,8H2,1-3H3,(H,16,19)(H,17,20). The molecule has 0 radical (unpaired) electrons. The molecule has 2 aromatic heterocycles. The lowest BCUT2D eigenvalue weighted by Crippen LogP contribution is -2.35. The van der Waals surface area contributed by atoms with Gasteiger partial charge in [-0.1, -0.05) is 0 Å². The van der Waals surface area contributed by atoms with Crippen molar-refractivity contribution >= 4 is 5.91 Å². The van der Waals surface area contributed by atoms with Crippen molar-refractivity contribution in [3.8, 4) is 5.75 Å². The fourth-order valence-electron chi connectivity index (χ4n) is 2.05. The molecule has 0 aliphatic carbocycles. The number of pyridine rings is 1. The first-order valence-electron chi connectivity index (χ1n) is 6.77. The Morgan fingerprint density at radius 2 is 2.27 bits per heavy atom. The summed E-state index contributed by atoms with van der Waals surface area (Å²) in [5, 5.41) is 2.78. The fourth-order valence-corrected chi connectivity index (χ4v) is 2.05. The van der Waals surface area contributed by atoms with E-state index in [9.17, 15) is 9.59 Å².